The number of amides is 1. The summed E-state index contributed by atoms with van der Waals surface area (Å²) in [6, 6.07) is 0. The van der Waals surface area contributed by atoms with Gasteiger partial charge < -0.3 is 10.2 Å². The van der Waals surface area contributed by atoms with Crippen LogP contribution < -0.4 is 5.32 Å². The Hall–Kier alpha value is -1.43. The second-order valence-corrected chi connectivity index (χ2v) is 5.34. The summed E-state index contributed by atoms with van der Waals surface area (Å²) < 4.78 is 0. The second kappa shape index (κ2) is 6.65. The van der Waals surface area contributed by atoms with E-state index in [4.69, 9.17) is 0 Å². The van der Waals surface area contributed by atoms with Gasteiger partial charge in [0, 0.05) is 13.5 Å². The maximum atomic E-state index is 12.0. The first kappa shape index (κ1) is 14.0. The van der Waals surface area contributed by atoms with Crippen LogP contribution in [0.2, 0.25) is 0 Å². The lowest BCUT2D eigenvalue weighted by atomic mass is 9.94. The van der Waals surface area contributed by atoms with E-state index in [1.807, 2.05) is 14.0 Å². The molecule has 1 atom stereocenters. The number of hydrogen-bond acceptors (Lipinski definition) is 4. The van der Waals surface area contributed by atoms with Gasteiger partial charge in [-0.25, -0.2) is 4.98 Å². The van der Waals surface area contributed by atoms with E-state index >= 15 is 0 Å². The highest BCUT2D eigenvalue weighted by Gasteiger charge is 2.17. The molecule has 1 fully saturated rings. The van der Waals surface area contributed by atoms with Crippen LogP contribution in [0.1, 0.15) is 37.3 Å². The number of nitrogens with one attached hydrogen (secondary N) is 2. The predicted molar refractivity (Wildman–Crippen MR) is 72.4 cm³/mol. The summed E-state index contributed by atoms with van der Waals surface area (Å²) >= 11 is 0. The molecule has 2 N–H and O–H groups in total. The molecule has 1 aromatic rings. The first-order chi connectivity index (χ1) is 9.15. The maximum Gasteiger partial charge on any atom is 0.222 e. The van der Waals surface area contributed by atoms with Crippen LogP contribution in [0.3, 0.4) is 0 Å². The largest absolute Gasteiger partial charge is 0.338 e. The zero-order valence-corrected chi connectivity index (χ0v) is 11.8. The van der Waals surface area contributed by atoms with Crippen molar-refractivity contribution in [1.82, 2.24) is 25.4 Å². The minimum Gasteiger partial charge on any atom is -0.338 e. The van der Waals surface area contributed by atoms with E-state index in [-0.39, 0.29) is 5.91 Å². The lowest BCUT2D eigenvalue weighted by Crippen LogP contribution is -2.32. The fourth-order valence-corrected chi connectivity index (χ4v) is 2.45. The molecule has 0 saturated carbocycles. The standard InChI is InChI=1S/C13H23N5O/c1-10-15-12(17-16-10)9-18(2)13(19)6-5-11-4-3-7-14-8-11/h11,14H,3-9H2,1-2H3,(H,15,16,17). The summed E-state index contributed by atoms with van der Waals surface area (Å²) in [5.41, 5.74) is 0. The summed E-state index contributed by atoms with van der Waals surface area (Å²) in [5.74, 6) is 2.28. The molecule has 2 heterocycles. The fourth-order valence-electron chi connectivity index (χ4n) is 2.45. The van der Waals surface area contributed by atoms with E-state index in [9.17, 15) is 4.79 Å². The third-order valence-corrected chi connectivity index (χ3v) is 3.61. The number of H-pyrrole nitrogens is 1. The van der Waals surface area contributed by atoms with E-state index in [0.717, 1.165) is 25.3 Å². The van der Waals surface area contributed by atoms with Crippen molar-refractivity contribution < 1.29 is 4.79 Å². The van der Waals surface area contributed by atoms with Crippen molar-refractivity contribution in [3.8, 4) is 0 Å². The Morgan fingerprint density at radius 3 is 3.00 bits per heavy atom. The average molecular weight is 265 g/mol. The fraction of sp³-hybridized carbons (Fsp3) is 0.769. The molecule has 1 amide bonds. The number of aryl methyl sites for hydroxylation is 1. The summed E-state index contributed by atoms with van der Waals surface area (Å²) in [6.07, 6.45) is 4.06. The van der Waals surface area contributed by atoms with Gasteiger partial charge in [-0.3, -0.25) is 9.89 Å². The Labute approximate surface area is 114 Å². The Bertz CT molecular complexity index is 411. The predicted octanol–water partition coefficient (Wildman–Crippen LogP) is 0.851. The molecule has 0 spiro atoms. The Kier molecular flexibility index (Phi) is 4.90. The van der Waals surface area contributed by atoms with Gasteiger partial charge in [-0.1, -0.05) is 0 Å². The van der Waals surface area contributed by atoms with Crippen LogP contribution in [0.25, 0.3) is 0 Å². The van der Waals surface area contributed by atoms with Gasteiger partial charge in [0.2, 0.25) is 5.91 Å². The zero-order chi connectivity index (χ0) is 13.7. The Morgan fingerprint density at radius 2 is 2.37 bits per heavy atom. The molecule has 2 rings (SSSR count). The molecule has 0 aromatic carbocycles. The number of carbonyl (C=O) groups is 1. The summed E-state index contributed by atoms with van der Waals surface area (Å²) in [5, 5.41) is 10.2. The van der Waals surface area contributed by atoms with Crippen LogP contribution in [0.4, 0.5) is 0 Å². The number of carbonyl (C=O) groups excluding carboxylic acids is 1. The third-order valence-electron chi connectivity index (χ3n) is 3.61. The third kappa shape index (κ3) is 4.31. The summed E-state index contributed by atoms with van der Waals surface area (Å²) in [6.45, 7) is 4.51. The molecule has 1 saturated heterocycles. The van der Waals surface area contributed by atoms with Gasteiger partial charge in [0.05, 0.1) is 6.54 Å². The van der Waals surface area contributed by atoms with Gasteiger partial charge >= 0.3 is 0 Å². The van der Waals surface area contributed by atoms with Crippen LogP contribution in [-0.4, -0.2) is 46.1 Å². The molecule has 1 aliphatic rings. The van der Waals surface area contributed by atoms with Gasteiger partial charge in [0.25, 0.3) is 0 Å². The van der Waals surface area contributed by atoms with Crippen molar-refractivity contribution in [3.63, 3.8) is 0 Å². The monoisotopic (exact) mass is 265 g/mol. The van der Waals surface area contributed by atoms with Crippen LogP contribution in [0.15, 0.2) is 0 Å². The first-order valence-electron chi connectivity index (χ1n) is 6.97. The van der Waals surface area contributed by atoms with E-state index in [1.54, 1.807) is 4.90 Å². The number of piperidine rings is 1. The lowest BCUT2D eigenvalue weighted by Gasteiger charge is -2.23. The summed E-state index contributed by atoms with van der Waals surface area (Å²) in [7, 11) is 1.81. The van der Waals surface area contributed by atoms with Gasteiger partial charge in [-0.2, -0.15) is 5.10 Å². The molecule has 1 aromatic heterocycles. The number of nitrogens with zero attached hydrogens (tertiary/aromatic N) is 3. The Balaban J connectivity index is 1.72. The Morgan fingerprint density at radius 1 is 1.53 bits per heavy atom. The van der Waals surface area contributed by atoms with E-state index in [0.29, 0.717) is 24.7 Å². The maximum absolute atomic E-state index is 12.0. The highest BCUT2D eigenvalue weighted by atomic mass is 16.2. The first-order valence-corrected chi connectivity index (χ1v) is 6.97. The average Bonchev–Trinajstić information content (AvgIpc) is 2.82. The van der Waals surface area contributed by atoms with Gasteiger partial charge in [0.1, 0.15) is 5.82 Å². The van der Waals surface area contributed by atoms with Crippen LogP contribution in [0, 0.1) is 12.8 Å². The molecular formula is C13H23N5O. The van der Waals surface area contributed by atoms with Crippen molar-refractivity contribution in [3.05, 3.63) is 11.6 Å². The SMILES string of the molecule is Cc1nc(CN(C)C(=O)CCC2CCCNC2)n[nH]1. The van der Waals surface area contributed by atoms with Crippen molar-refractivity contribution in [2.75, 3.05) is 20.1 Å². The minimum absolute atomic E-state index is 0.174. The normalized spacial score (nSPS) is 19.4. The van der Waals surface area contributed by atoms with Crippen molar-refractivity contribution >= 4 is 5.91 Å². The highest BCUT2D eigenvalue weighted by molar-refractivity contribution is 5.75. The van der Waals surface area contributed by atoms with E-state index in [1.165, 1.54) is 12.8 Å². The van der Waals surface area contributed by atoms with Crippen LogP contribution in [-0.2, 0) is 11.3 Å². The molecule has 0 bridgehead atoms. The van der Waals surface area contributed by atoms with Gasteiger partial charge in [-0.15, -0.1) is 0 Å². The molecule has 106 valence electrons. The number of rotatable bonds is 5. The highest BCUT2D eigenvalue weighted by Crippen LogP contribution is 2.16. The number of aromatic nitrogens is 3. The molecule has 0 aliphatic carbocycles. The topological polar surface area (TPSA) is 73.9 Å². The molecule has 6 heteroatoms. The quantitative estimate of drug-likeness (QED) is 0.828. The van der Waals surface area contributed by atoms with Gasteiger partial charge in [-0.05, 0) is 45.2 Å². The molecule has 0 radical (unpaired) electrons. The van der Waals surface area contributed by atoms with Crippen molar-refractivity contribution in [1.29, 1.82) is 0 Å². The minimum atomic E-state index is 0.174. The zero-order valence-electron chi connectivity index (χ0n) is 11.8. The molecule has 19 heavy (non-hydrogen) atoms. The number of hydrogen-bond donors (Lipinski definition) is 2. The second-order valence-electron chi connectivity index (χ2n) is 5.34. The van der Waals surface area contributed by atoms with Crippen LogP contribution in [0.5, 0.6) is 0 Å². The van der Waals surface area contributed by atoms with Crippen molar-refractivity contribution in [2.45, 2.75) is 39.2 Å². The number of aromatic amines is 1. The van der Waals surface area contributed by atoms with E-state index < -0.39 is 0 Å². The smallest absolute Gasteiger partial charge is 0.222 e. The van der Waals surface area contributed by atoms with Crippen LogP contribution >= 0.6 is 0 Å². The van der Waals surface area contributed by atoms with E-state index in [2.05, 4.69) is 20.5 Å². The molecule has 1 aliphatic heterocycles. The molecular weight excluding hydrogens is 242 g/mol. The summed E-state index contributed by atoms with van der Waals surface area (Å²) in [4.78, 5) is 18.0. The van der Waals surface area contributed by atoms with Gasteiger partial charge in [0.15, 0.2) is 5.82 Å². The van der Waals surface area contributed by atoms with Crippen molar-refractivity contribution in [2.24, 2.45) is 5.92 Å². The molecule has 6 nitrogen and oxygen atoms in total. The lowest BCUT2D eigenvalue weighted by molar-refractivity contribution is -0.130. The molecule has 1 unspecified atom stereocenters.